The fourth-order valence-corrected chi connectivity index (χ4v) is 3.56. The molecular weight excluding hydrogens is 406 g/mol. The maximum atomic E-state index is 12.1. The van der Waals surface area contributed by atoms with Crippen molar-refractivity contribution in [2.45, 2.75) is 19.8 Å². The van der Waals surface area contributed by atoms with Crippen LogP contribution in [0.4, 0.5) is 11.5 Å². The minimum absolute atomic E-state index is 0.0599. The van der Waals surface area contributed by atoms with Crippen LogP contribution in [0.15, 0.2) is 54.9 Å². The van der Waals surface area contributed by atoms with E-state index in [2.05, 4.69) is 20.8 Å². The molecule has 0 spiro atoms. The molecule has 0 unspecified atom stereocenters. The number of hydrogen-bond acceptors (Lipinski definition) is 6. The van der Waals surface area contributed by atoms with Crippen LogP contribution in [-0.2, 0) is 4.79 Å². The van der Waals surface area contributed by atoms with Crippen molar-refractivity contribution in [3.63, 3.8) is 0 Å². The molecule has 164 valence electrons. The van der Waals surface area contributed by atoms with Crippen LogP contribution < -0.4 is 15.5 Å². The van der Waals surface area contributed by atoms with E-state index >= 15 is 0 Å². The Hall–Kier alpha value is -4.01. The van der Waals surface area contributed by atoms with Gasteiger partial charge < -0.3 is 15.5 Å². The van der Waals surface area contributed by atoms with Crippen molar-refractivity contribution in [1.82, 2.24) is 24.9 Å². The molecule has 9 nitrogen and oxygen atoms in total. The second kappa shape index (κ2) is 9.42. The van der Waals surface area contributed by atoms with E-state index in [9.17, 15) is 9.59 Å². The third-order valence-electron chi connectivity index (χ3n) is 5.13. The van der Waals surface area contributed by atoms with Gasteiger partial charge in [-0.25, -0.2) is 4.98 Å². The SMILES string of the molecule is CC(=O)Nc1ccc2c(c1)nc(N(C)CCCCNC(=O)c1ccccc1)c1nncn12. The molecule has 2 N–H and O–H groups in total. The standard InChI is InChI=1S/C23H25N7O2/c1-16(31)26-18-10-11-20-19(14-18)27-21(22-28-25-15-30(20)22)29(2)13-7-6-12-24-23(32)17-8-4-3-5-9-17/h3-5,8-11,14-15H,6-7,12-13H2,1-2H3,(H,24,32)(H,26,31). The number of nitrogens with zero attached hydrogens (tertiary/aromatic N) is 5. The molecule has 32 heavy (non-hydrogen) atoms. The first kappa shape index (κ1) is 21.2. The first-order valence-electron chi connectivity index (χ1n) is 10.5. The Kier molecular flexibility index (Phi) is 6.25. The summed E-state index contributed by atoms with van der Waals surface area (Å²) in [5.74, 6) is 0.519. The van der Waals surface area contributed by atoms with E-state index in [0.717, 1.165) is 30.4 Å². The van der Waals surface area contributed by atoms with Gasteiger partial charge in [-0.05, 0) is 43.2 Å². The van der Waals surface area contributed by atoms with Crippen LogP contribution >= 0.6 is 0 Å². The highest BCUT2D eigenvalue weighted by molar-refractivity contribution is 5.94. The van der Waals surface area contributed by atoms with Gasteiger partial charge in [0.15, 0.2) is 5.82 Å². The van der Waals surface area contributed by atoms with Gasteiger partial charge in [0.1, 0.15) is 6.33 Å². The van der Waals surface area contributed by atoms with Gasteiger partial charge in [-0.15, -0.1) is 10.2 Å². The van der Waals surface area contributed by atoms with Crippen molar-refractivity contribution in [1.29, 1.82) is 0 Å². The lowest BCUT2D eigenvalue weighted by molar-refractivity contribution is -0.114. The van der Waals surface area contributed by atoms with Crippen LogP contribution in [0.25, 0.3) is 16.7 Å². The number of nitrogens with one attached hydrogen (secondary N) is 2. The van der Waals surface area contributed by atoms with Gasteiger partial charge in [-0.3, -0.25) is 14.0 Å². The molecule has 0 saturated carbocycles. The van der Waals surface area contributed by atoms with Crippen molar-refractivity contribution in [2.24, 2.45) is 0 Å². The van der Waals surface area contributed by atoms with Crippen molar-refractivity contribution >= 4 is 40.0 Å². The number of aromatic nitrogens is 4. The minimum Gasteiger partial charge on any atom is -0.357 e. The fourth-order valence-electron chi connectivity index (χ4n) is 3.56. The smallest absolute Gasteiger partial charge is 0.251 e. The van der Waals surface area contributed by atoms with Gasteiger partial charge in [0.25, 0.3) is 5.91 Å². The number of anilines is 2. The van der Waals surface area contributed by atoms with E-state index in [1.54, 1.807) is 18.5 Å². The molecule has 0 atom stereocenters. The molecule has 2 amide bonds. The summed E-state index contributed by atoms with van der Waals surface area (Å²) in [5.41, 5.74) is 3.62. The van der Waals surface area contributed by atoms with E-state index in [1.165, 1.54) is 6.92 Å². The number of carbonyl (C=O) groups excluding carboxylic acids is 2. The zero-order valence-corrected chi connectivity index (χ0v) is 18.1. The number of unbranched alkanes of at least 4 members (excludes halogenated alkanes) is 1. The molecule has 0 aliphatic carbocycles. The molecule has 0 bridgehead atoms. The Bertz CT molecular complexity index is 1250. The zero-order chi connectivity index (χ0) is 22.5. The molecule has 4 aromatic rings. The lowest BCUT2D eigenvalue weighted by Gasteiger charge is -2.19. The van der Waals surface area contributed by atoms with Crippen LogP contribution in [0.5, 0.6) is 0 Å². The Morgan fingerprint density at radius 1 is 1.09 bits per heavy atom. The topological polar surface area (TPSA) is 105 Å². The highest BCUT2D eigenvalue weighted by Crippen LogP contribution is 2.25. The minimum atomic E-state index is -0.133. The van der Waals surface area contributed by atoms with Crippen LogP contribution in [0, 0.1) is 0 Å². The third-order valence-corrected chi connectivity index (χ3v) is 5.13. The summed E-state index contributed by atoms with van der Waals surface area (Å²) >= 11 is 0. The molecule has 0 radical (unpaired) electrons. The van der Waals surface area contributed by atoms with Gasteiger partial charge in [0.05, 0.1) is 11.0 Å². The second-order valence-electron chi connectivity index (χ2n) is 7.60. The maximum Gasteiger partial charge on any atom is 0.251 e. The number of fused-ring (bicyclic) bond motifs is 3. The highest BCUT2D eigenvalue weighted by atomic mass is 16.2. The van der Waals surface area contributed by atoms with Crippen molar-refractivity contribution in [3.8, 4) is 0 Å². The fraction of sp³-hybridized carbons (Fsp3) is 0.261. The molecule has 0 aliphatic rings. The molecular formula is C23H25N7O2. The normalized spacial score (nSPS) is 10.9. The first-order valence-corrected chi connectivity index (χ1v) is 10.5. The number of rotatable bonds is 8. The zero-order valence-electron chi connectivity index (χ0n) is 18.1. The molecule has 0 aliphatic heterocycles. The predicted molar refractivity (Wildman–Crippen MR) is 124 cm³/mol. The summed E-state index contributed by atoms with van der Waals surface area (Å²) in [6.07, 6.45) is 3.37. The van der Waals surface area contributed by atoms with Gasteiger partial charge in [0.2, 0.25) is 11.6 Å². The summed E-state index contributed by atoms with van der Waals surface area (Å²) in [7, 11) is 1.96. The molecule has 2 heterocycles. The van der Waals surface area contributed by atoms with E-state index in [0.29, 0.717) is 29.3 Å². The molecule has 0 saturated heterocycles. The summed E-state index contributed by atoms with van der Waals surface area (Å²) in [5, 5.41) is 14.0. The van der Waals surface area contributed by atoms with Crippen molar-refractivity contribution in [2.75, 3.05) is 30.4 Å². The number of hydrogen-bond donors (Lipinski definition) is 2. The van der Waals surface area contributed by atoms with Gasteiger partial charge in [-0.1, -0.05) is 18.2 Å². The maximum absolute atomic E-state index is 12.1. The van der Waals surface area contributed by atoms with Crippen LogP contribution in [0.1, 0.15) is 30.1 Å². The second-order valence-corrected chi connectivity index (χ2v) is 7.60. The third kappa shape index (κ3) is 4.66. The summed E-state index contributed by atoms with van der Waals surface area (Å²) in [6, 6.07) is 14.8. The van der Waals surface area contributed by atoms with Gasteiger partial charge in [-0.2, -0.15) is 0 Å². The van der Waals surface area contributed by atoms with Crippen molar-refractivity contribution in [3.05, 3.63) is 60.4 Å². The molecule has 0 fully saturated rings. The Morgan fingerprint density at radius 2 is 1.91 bits per heavy atom. The van der Waals surface area contributed by atoms with E-state index < -0.39 is 0 Å². The number of benzene rings is 2. The Morgan fingerprint density at radius 3 is 2.69 bits per heavy atom. The van der Waals surface area contributed by atoms with E-state index in [4.69, 9.17) is 4.98 Å². The van der Waals surface area contributed by atoms with Gasteiger partial charge in [0, 0.05) is 38.3 Å². The summed E-state index contributed by atoms with van der Waals surface area (Å²) in [6.45, 7) is 2.82. The van der Waals surface area contributed by atoms with Gasteiger partial charge >= 0.3 is 0 Å². The summed E-state index contributed by atoms with van der Waals surface area (Å²) in [4.78, 5) is 30.3. The lowest BCUT2D eigenvalue weighted by atomic mass is 10.2. The number of carbonyl (C=O) groups is 2. The molecule has 2 aromatic carbocycles. The van der Waals surface area contributed by atoms with Crippen LogP contribution in [-0.4, -0.2) is 51.5 Å². The average molecular weight is 432 g/mol. The Balaban J connectivity index is 1.42. The highest BCUT2D eigenvalue weighted by Gasteiger charge is 2.14. The van der Waals surface area contributed by atoms with E-state index in [1.807, 2.05) is 52.7 Å². The summed E-state index contributed by atoms with van der Waals surface area (Å²) < 4.78 is 1.89. The monoisotopic (exact) mass is 431 g/mol. The average Bonchev–Trinajstić information content (AvgIpc) is 3.28. The van der Waals surface area contributed by atoms with Crippen LogP contribution in [0.3, 0.4) is 0 Å². The van der Waals surface area contributed by atoms with Crippen molar-refractivity contribution < 1.29 is 9.59 Å². The molecule has 2 aromatic heterocycles. The Labute approximate surface area is 185 Å². The van der Waals surface area contributed by atoms with Crippen LogP contribution in [0.2, 0.25) is 0 Å². The van der Waals surface area contributed by atoms with E-state index in [-0.39, 0.29) is 11.8 Å². The predicted octanol–water partition coefficient (Wildman–Crippen LogP) is 2.88. The largest absolute Gasteiger partial charge is 0.357 e. The number of amides is 2. The quantitative estimate of drug-likeness (QED) is 0.416. The molecule has 4 rings (SSSR count). The first-order chi connectivity index (χ1) is 15.5. The lowest BCUT2D eigenvalue weighted by Crippen LogP contribution is -2.26. The molecule has 9 heteroatoms.